The Morgan fingerprint density at radius 2 is 1.76 bits per heavy atom. The number of likely N-dealkylation sites (N-methyl/N-ethyl adjacent to an activating group) is 1. The van der Waals surface area contributed by atoms with E-state index in [2.05, 4.69) is 6.92 Å². The second-order valence-corrected chi connectivity index (χ2v) is 10.9. The minimum atomic E-state index is -0.477. The average molecular weight is 608 g/mol. The number of carbonyl (C=O) groups is 2. The van der Waals surface area contributed by atoms with Crippen molar-refractivity contribution in [2.75, 3.05) is 13.7 Å². The third-order valence-electron chi connectivity index (χ3n) is 7.26. The largest absolute Gasteiger partial charge is 0.507 e. The smallest absolute Gasteiger partial charge is 0.293 e. The molecule has 1 N–H and O–H groups in total. The van der Waals surface area contributed by atoms with Gasteiger partial charge < -0.3 is 22.0 Å². The molecule has 2 aliphatic heterocycles. The van der Waals surface area contributed by atoms with E-state index in [0.717, 1.165) is 79.6 Å². The number of hydrogen-bond donors (Lipinski definition) is 1. The summed E-state index contributed by atoms with van der Waals surface area (Å²) in [5, 5.41) is 12.2. The van der Waals surface area contributed by atoms with Crippen molar-refractivity contribution in [1.82, 2.24) is 4.90 Å². The summed E-state index contributed by atoms with van der Waals surface area (Å²) >= 11 is 0.957. The number of nitrogens with zero attached hydrogens (tertiary/aromatic N) is 1. The Kier molecular flexibility index (Phi) is 9.07. The van der Waals surface area contributed by atoms with E-state index >= 15 is 0 Å². The van der Waals surface area contributed by atoms with Crippen LogP contribution in [0.5, 0.6) is 17.2 Å². The summed E-state index contributed by atoms with van der Waals surface area (Å²) in [5.74, 6) is 1.71. The van der Waals surface area contributed by atoms with Crippen LogP contribution in [-0.4, -0.2) is 40.4 Å². The maximum Gasteiger partial charge on any atom is 0.293 e. The number of amides is 2. The molecule has 2 heterocycles. The number of benzene rings is 3. The molecular formula is C30H32NO5SY-. The first-order chi connectivity index (χ1) is 17.1. The van der Waals surface area contributed by atoms with Crippen LogP contribution >= 0.6 is 11.8 Å². The van der Waals surface area contributed by atoms with Crippen LogP contribution in [-0.2, 0) is 43.9 Å². The van der Waals surface area contributed by atoms with Gasteiger partial charge in [0.2, 0.25) is 0 Å². The molecule has 0 spiro atoms. The number of imide groups is 1. The Labute approximate surface area is 253 Å². The van der Waals surface area contributed by atoms with E-state index in [9.17, 15) is 14.7 Å². The summed E-state index contributed by atoms with van der Waals surface area (Å²) in [5.41, 5.74) is 4.20. The summed E-state index contributed by atoms with van der Waals surface area (Å²) in [6.07, 6.45) is 3.37. The van der Waals surface area contributed by atoms with Gasteiger partial charge in [-0.3, -0.25) is 14.5 Å². The molecule has 1 fully saturated rings. The number of phenolic OH excluding ortho intramolecular Hbond substituents is 1. The first-order valence-corrected chi connectivity index (χ1v) is 12.8. The van der Waals surface area contributed by atoms with Gasteiger partial charge in [0, 0.05) is 45.3 Å². The maximum atomic E-state index is 12.2. The number of carbonyl (C=O) groups excluding carboxylic acids is 2. The third kappa shape index (κ3) is 5.52. The molecule has 38 heavy (non-hydrogen) atoms. The quantitative estimate of drug-likeness (QED) is 0.261. The minimum absolute atomic E-state index is 0. The van der Waals surface area contributed by atoms with Gasteiger partial charge in [0.05, 0.1) is 4.91 Å². The predicted octanol–water partition coefficient (Wildman–Crippen LogP) is 6.75. The van der Waals surface area contributed by atoms with Gasteiger partial charge in [0.1, 0.15) is 29.5 Å². The number of aromatic hydroxyl groups is 1. The second kappa shape index (κ2) is 11.4. The van der Waals surface area contributed by atoms with Crippen molar-refractivity contribution in [3.63, 3.8) is 0 Å². The van der Waals surface area contributed by atoms with Crippen LogP contribution in [0.4, 0.5) is 4.79 Å². The van der Waals surface area contributed by atoms with Crippen molar-refractivity contribution in [3.05, 3.63) is 76.5 Å². The first-order valence-electron chi connectivity index (χ1n) is 11.9. The zero-order valence-corrected chi connectivity index (χ0v) is 26.3. The Morgan fingerprint density at radius 3 is 2.45 bits per heavy atom. The molecular weight excluding hydrogens is 575 g/mol. The fourth-order valence-corrected chi connectivity index (χ4v) is 5.58. The first kappa shape index (κ1) is 30.2. The van der Waals surface area contributed by atoms with Crippen LogP contribution in [0.15, 0.2) is 41.3 Å². The van der Waals surface area contributed by atoms with Gasteiger partial charge in [-0.25, -0.2) is 0 Å². The van der Waals surface area contributed by atoms with Crippen molar-refractivity contribution in [2.24, 2.45) is 0 Å². The Hall–Kier alpha value is -2.35. The fourth-order valence-electron chi connectivity index (χ4n) is 4.75. The van der Waals surface area contributed by atoms with Gasteiger partial charge in [-0.05, 0) is 110 Å². The van der Waals surface area contributed by atoms with Crippen molar-refractivity contribution in [3.8, 4) is 17.2 Å². The summed E-state index contributed by atoms with van der Waals surface area (Å²) in [6, 6.07) is 11.8. The fraction of sp³-hybridized carbons (Fsp3) is 0.300. The molecule has 1 saturated heterocycles. The van der Waals surface area contributed by atoms with Gasteiger partial charge in [0.25, 0.3) is 11.1 Å². The van der Waals surface area contributed by atoms with Crippen LogP contribution in [0.25, 0.3) is 16.8 Å². The number of phenols is 1. The third-order valence-corrected chi connectivity index (χ3v) is 8.22. The van der Waals surface area contributed by atoms with Gasteiger partial charge in [0.15, 0.2) is 0 Å². The zero-order valence-electron chi connectivity index (χ0n) is 22.7. The minimum Gasteiger partial charge on any atom is -0.507 e. The summed E-state index contributed by atoms with van der Waals surface area (Å²) < 4.78 is 12.7. The van der Waals surface area contributed by atoms with Crippen LogP contribution < -0.4 is 9.47 Å². The molecule has 0 aliphatic carbocycles. The molecule has 1 atom stereocenters. The maximum absolute atomic E-state index is 12.2. The Balaban J connectivity index is 0.00000200. The molecule has 2 aliphatic rings. The van der Waals surface area contributed by atoms with Crippen LogP contribution in [0.3, 0.4) is 0 Å². The van der Waals surface area contributed by atoms with E-state index in [1.54, 1.807) is 6.08 Å². The van der Waals surface area contributed by atoms with Crippen LogP contribution in [0, 0.1) is 28.2 Å². The number of hydrogen-bond acceptors (Lipinski definition) is 6. The molecule has 197 valence electrons. The van der Waals surface area contributed by atoms with Crippen molar-refractivity contribution in [1.29, 1.82) is 0 Å². The topological polar surface area (TPSA) is 76.1 Å². The van der Waals surface area contributed by atoms with E-state index in [4.69, 9.17) is 9.47 Å². The summed E-state index contributed by atoms with van der Waals surface area (Å²) in [4.78, 5) is 25.5. The molecule has 3 aromatic carbocycles. The van der Waals surface area contributed by atoms with E-state index in [0.29, 0.717) is 17.3 Å². The second-order valence-electron chi connectivity index (χ2n) is 9.88. The van der Waals surface area contributed by atoms with Crippen molar-refractivity contribution >= 4 is 39.8 Å². The molecule has 3 aromatic rings. The zero-order chi connectivity index (χ0) is 25.8. The van der Waals surface area contributed by atoms with Gasteiger partial charge >= 0.3 is 0 Å². The molecule has 0 saturated carbocycles. The Morgan fingerprint density at radius 1 is 1.08 bits per heavy atom. The molecule has 8 heteroatoms. The van der Waals surface area contributed by atoms with Crippen molar-refractivity contribution in [2.45, 2.75) is 46.1 Å². The Bertz CT molecular complexity index is 1470. The number of fused-ring (bicyclic) bond motifs is 2. The van der Waals surface area contributed by atoms with Crippen LogP contribution in [0.2, 0.25) is 0 Å². The molecule has 1 unspecified atom stereocenters. The SMILES string of the molecule is Cc1c(C)c2c(c(C)c1O)CCC(C)(COc1ccc3cc(/C=C4\SC(=O)N(C)C4=O)ccc3c1)O2.[CH3-].[Y]. The van der Waals surface area contributed by atoms with Gasteiger partial charge in [-0.15, -0.1) is 0 Å². The molecule has 0 bridgehead atoms. The molecule has 0 aromatic heterocycles. The van der Waals surface area contributed by atoms with E-state index < -0.39 is 5.60 Å². The summed E-state index contributed by atoms with van der Waals surface area (Å²) in [6.45, 7) is 8.33. The van der Waals surface area contributed by atoms with Crippen LogP contribution in [0.1, 0.15) is 41.2 Å². The normalized spacial score (nSPS) is 19.6. The monoisotopic (exact) mass is 607 g/mol. The van der Waals surface area contributed by atoms with Gasteiger partial charge in [-0.2, -0.15) is 0 Å². The van der Waals surface area contributed by atoms with E-state index in [1.807, 2.05) is 57.2 Å². The van der Waals surface area contributed by atoms with Crippen molar-refractivity contribution < 1.29 is 56.9 Å². The average Bonchev–Trinajstić information content (AvgIpc) is 3.11. The van der Waals surface area contributed by atoms with Gasteiger partial charge in [-0.1, -0.05) is 18.2 Å². The molecule has 5 rings (SSSR count). The molecule has 1 radical (unpaired) electrons. The summed E-state index contributed by atoms with van der Waals surface area (Å²) in [7, 11) is 1.49. The number of thioether (sulfide) groups is 1. The predicted molar refractivity (Wildman–Crippen MR) is 149 cm³/mol. The number of ether oxygens (including phenoxy) is 2. The molecule has 6 nitrogen and oxygen atoms in total. The number of rotatable bonds is 4. The molecule has 2 amide bonds. The van der Waals surface area contributed by atoms with E-state index in [-0.39, 0.29) is 51.3 Å². The van der Waals surface area contributed by atoms with E-state index in [1.165, 1.54) is 7.05 Å². The standard InChI is InChI=1S/C29H29NO5S.CH3.Y/c1-16-17(2)26-23(18(3)25(16)31)10-11-29(4,35-26)15-34-22-9-8-20-12-19(6-7-21(20)14-22)13-24-27(32)30(5)28(33)36-24;;/h6-9,12-14,31H,10-11,15H2,1-5H3;1H3;/q;-1;/b24-13-;;.